The van der Waals surface area contributed by atoms with Gasteiger partial charge in [-0.3, -0.25) is 4.79 Å². The van der Waals surface area contributed by atoms with Gasteiger partial charge in [0.05, 0.1) is 11.3 Å². The first kappa shape index (κ1) is 19.3. The summed E-state index contributed by atoms with van der Waals surface area (Å²) in [5.74, 6) is 0. The number of benzene rings is 3. The Morgan fingerprint density at radius 2 is 1.63 bits per heavy atom. The highest BCUT2D eigenvalue weighted by atomic mass is 79.9. The van der Waals surface area contributed by atoms with Crippen LogP contribution in [0.5, 0.6) is 0 Å². The van der Waals surface area contributed by atoms with Crippen molar-refractivity contribution in [3.05, 3.63) is 103 Å². The first-order valence-electron chi connectivity index (χ1n) is 9.49. The molecule has 0 unspecified atom stereocenters. The third-order valence-electron chi connectivity index (χ3n) is 5.24. The van der Waals surface area contributed by atoms with E-state index in [1.807, 2.05) is 72.8 Å². The lowest BCUT2D eigenvalue weighted by Crippen LogP contribution is -2.20. The van der Waals surface area contributed by atoms with Crippen molar-refractivity contribution in [2.24, 2.45) is 5.16 Å². The van der Waals surface area contributed by atoms with Gasteiger partial charge >= 0.3 is 0 Å². The van der Waals surface area contributed by atoms with Crippen LogP contribution >= 0.6 is 31.9 Å². The molecule has 1 N–H and O–H groups in total. The van der Waals surface area contributed by atoms with Crippen LogP contribution in [-0.2, 0) is 4.84 Å². The molecule has 0 radical (unpaired) electrons. The zero-order valence-electron chi connectivity index (χ0n) is 15.7. The molecule has 148 valence electrons. The topological polar surface area (TPSA) is 54.5 Å². The Morgan fingerprint density at radius 3 is 2.40 bits per heavy atom. The van der Waals surface area contributed by atoms with E-state index in [-0.39, 0.29) is 11.7 Å². The number of H-pyrrole nitrogens is 1. The Bertz CT molecular complexity index is 1330. The number of nitrogens with zero attached hydrogens (tertiary/aromatic N) is 1. The number of hydrogen-bond donors (Lipinski definition) is 1. The number of nitrogens with one attached hydrogen (secondary N) is 1. The van der Waals surface area contributed by atoms with Gasteiger partial charge in [0.15, 0.2) is 6.10 Å². The number of halogens is 2. The van der Waals surface area contributed by atoms with E-state index < -0.39 is 0 Å². The van der Waals surface area contributed by atoms with Crippen molar-refractivity contribution in [1.29, 1.82) is 0 Å². The first-order chi connectivity index (χ1) is 14.6. The average molecular weight is 524 g/mol. The van der Waals surface area contributed by atoms with E-state index >= 15 is 0 Å². The van der Waals surface area contributed by atoms with Gasteiger partial charge in [0.1, 0.15) is 0 Å². The second-order valence-corrected chi connectivity index (χ2v) is 8.98. The fraction of sp³-hybridized carbons (Fsp3) is 0.0833. The fourth-order valence-electron chi connectivity index (χ4n) is 3.83. The predicted molar refractivity (Wildman–Crippen MR) is 127 cm³/mol. The molecule has 0 saturated heterocycles. The number of aromatic amines is 1. The van der Waals surface area contributed by atoms with Crippen LogP contribution in [0.25, 0.3) is 22.0 Å². The Labute approximate surface area is 189 Å². The van der Waals surface area contributed by atoms with Crippen molar-refractivity contribution in [2.45, 2.75) is 12.5 Å². The molecule has 0 spiro atoms. The molecule has 1 atom stereocenters. The molecule has 1 aliphatic heterocycles. The maximum Gasteiger partial charge on any atom is 0.258 e. The quantitative estimate of drug-likeness (QED) is 0.329. The van der Waals surface area contributed by atoms with Gasteiger partial charge in [0, 0.05) is 31.8 Å². The van der Waals surface area contributed by atoms with Gasteiger partial charge in [-0.15, -0.1) is 0 Å². The van der Waals surface area contributed by atoms with E-state index in [9.17, 15) is 4.79 Å². The molecule has 0 aliphatic carbocycles. The van der Waals surface area contributed by atoms with E-state index in [1.54, 1.807) is 0 Å². The first-order valence-corrected chi connectivity index (χ1v) is 11.1. The molecule has 30 heavy (non-hydrogen) atoms. The van der Waals surface area contributed by atoms with Crippen molar-refractivity contribution in [3.63, 3.8) is 0 Å². The third kappa shape index (κ3) is 3.50. The van der Waals surface area contributed by atoms with Crippen LogP contribution in [0.15, 0.2) is 91.7 Å². The SMILES string of the molecule is O=c1[nH]c2ccc(Br)cc2c(-c2ccccc2)c1C1=NO[C@H](c2ccc(Br)cc2)C1. The maximum absolute atomic E-state index is 13.2. The molecular weight excluding hydrogens is 508 g/mol. The monoisotopic (exact) mass is 522 g/mol. The molecule has 5 rings (SSSR count). The number of oxime groups is 1. The van der Waals surface area contributed by atoms with E-state index in [0.29, 0.717) is 17.7 Å². The van der Waals surface area contributed by atoms with E-state index in [1.165, 1.54) is 0 Å². The van der Waals surface area contributed by atoms with Crippen molar-refractivity contribution >= 4 is 48.5 Å². The number of pyridine rings is 1. The molecule has 0 amide bonds. The summed E-state index contributed by atoms with van der Waals surface area (Å²) in [5, 5.41) is 5.29. The third-order valence-corrected chi connectivity index (χ3v) is 6.26. The van der Waals surface area contributed by atoms with Crippen LogP contribution in [0, 0.1) is 0 Å². The Hall–Kier alpha value is -2.70. The van der Waals surface area contributed by atoms with E-state index in [2.05, 4.69) is 42.0 Å². The van der Waals surface area contributed by atoms with Gasteiger partial charge in [0.25, 0.3) is 5.56 Å². The summed E-state index contributed by atoms with van der Waals surface area (Å²) in [7, 11) is 0. The Kier molecular flexibility index (Phi) is 5.05. The zero-order valence-corrected chi connectivity index (χ0v) is 18.9. The summed E-state index contributed by atoms with van der Waals surface area (Å²) in [6, 6.07) is 23.8. The van der Waals surface area contributed by atoms with Gasteiger partial charge in [-0.05, 0) is 41.5 Å². The van der Waals surface area contributed by atoms with Gasteiger partial charge in [-0.2, -0.15) is 0 Å². The predicted octanol–water partition coefficient (Wildman–Crippen LogP) is 6.59. The van der Waals surface area contributed by atoms with E-state index in [0.717, 1.165) is 36.5 Å². The minimum absolute atomic E-state index is 0.164. The lowest BCUT2D eigenvalue weighted by Gasteiger charge is -2.13. The number of rotatable bonds is 3. The summed E-state index contributed by atoms with van der Waals surface area (Å²) in [5.41, 5.74) is 4.71. The van der Waals surface area contributed by atoms with Crippen LogP contribution < -0.4 is 5.56 Å². The molecule has 4 nitrogen and oxygen atoms in total. The van der Waals surface area contributed by atoms with Crippen LogP contribution in [0.3, 0.4) is 0 Å². The van der Waals surface area contributed by atoms with Crippen LogP contribution in [0.1, 0.15) is 23.7 Å². The number of aromatic nitrogens is 1. The Balaban J connectivity index is 1.67. The number of hydrogen-bond acceptors (Lipinski definition) is 3. The molecule has 2 heterocycles. The highest BCUT2D eigenvalue weighted by molar-refractivity contribution is 9.10. The smallest absolute Gasteiger partial charge is 0.258 e. The van der Waals surface area contributed by atoms with Crippen LogP contribution in [0.4, 0.5) is 0 Å². The average Bonchev–Trinajstić information content (AvgIpc) is 3.24. The van der Waals surface area contributed by atoms with Crippen molar-refractivity contribution in [2.75, 3.05) is 0 Å². The normalized spacial score (nSPS) is 15.8. The highest BCUT2D eigenvalue weighted by Crippen LogP contribution is 2.36. The van der Waals surface area contributed by atoms with Crippen molar-refractivity contribution in [1.82, 2.24) is 4.98 Å². The van der Waals surface area contributed by atoms with Crippen molar-refractivity contribution in [3.8, 4) is 11.1 Å². The number of fused-ring (bicyclic) bond motifs is 1. The maximum atomic E-state index is 13.2. The summed E-state index contributed by atoms with van der Waals surface area (Å²) in [6.45, 7) is 0. The molecule has 0 fully saturated rings. The van der Waals surface area contributed by atoms with Crippen LogP contribution in [0.2, 0.25) is 0 Å². The minimum atomic E-state index is -0.214. The molecule has 0 saturated carbocycles. The highest BCUT2D eigenvalue weighted by Gasteiger charge is 2.28. The largest absolute Gasteiger partial charge is 0.387 e. The molecular formula is C24H16Br2N2O2. The summed E-state index contributed by atoms with van der Waals surface area (Å²) in [4.78, 5) is 21.9. The summed E-state index contributed by atoms with van der Waals surface area (Å²) >= 11 is 7.02. The summed E-state index contributed by atoms with van der Waals surface area (Å²) < 4.78 is 1.95. The Morgan fingerprint density at radius 1 is 0.900 bits per heavy atom. The molecule has 1 aliphatic rings. The molecule has 1 aromatic heterocycles. The molecule has 0 bridgehead atoms. The van der Waals surface area contributed by atoms with Crippen molar-refractivity contribution < 1.29 is 4.84 Å². The van der Waals surface area contributed by atoms with Crippen LogP contribution in [-0.4, -0.2) is 10.7 Å². The second kappa shape index (κ2) is 7.85. The lowest BCUT2D eigenvalue weighted by molar-refractivity contribution is 0.0857. The standard InChI is InChI=1S/C24H16Br2N2O2/c25-16-8-6-14(7-9-16)21-13-20(28-30-21)23-22(15-4-2-1-3-5-15)18-12-17(26)10-11-19(18)27-24(23)29/h1-12,21H,13H2,(H,27,29)/t21-/m0/s1. The lowest BCUT2D eigenvalue weighted by atomic mass is 9.91. The van der Waals surface area contributed by atoms with E-state index in [4.69, 9.17) is 4.84 Å². The van der Waals surface area contributed by atoms with Gasteiger partial charge in [-0.1, -0.05) is 79.5 Å². The van der Waals surface area contributed by atoms with Gasteiger partial charge < -0.3 is 9.82 Å². The summed E-state index contributed by atoms with van der Waals surface area (Å²) in [6.07, 6.45) is 0.318. The minimum Gasteiger partial charge on any atom is -0.387 e. The molecule has 6 heteroatoms. The van der Waals surface area contributed by atoms with Gasteiger partial charge in [-0.25, -0.2) is 0 Å². The molecule has 3 aromatic carbocycles. The fourth-order valence-corrected chi connectivity index (χ4v) is 4.45. The molecule has 4 aromatic rings. The second-order valence-electron chi connectivity index (χ2n) is 7.15. The van der Waals surface area contributed by atoms with Gasteiger partial charge in [0.2, 0.25) is 0 Å². The zero-order chi connectivity index (χ0) is 20.7.